The fourth-order valence-corrected chi connectivity index (χ4v) is 4.53. The van der Waals surface area contributed by atoms with Crippen LogP contribution in [-0.4, -0.2) is 30.4 Å². The monoisotopic (exact) mass is 292 g/mol. The summed E-state index contributed by atoms with van der Waals surface area (Å²) in [5, 5.41) is 5.58. The fourth-order valence-electron chi connectivity index (χ4n) is 3.60. The van der Waals surface area contributed by atoms with E-state index in [0.29, 0.717) is 17.9 Å². The maximum Gasteiger partial charge on any atom is 0.223 e. The Morgan fingerprint density at radius 1 is 1.55 bits per heavy atom. The molecule has 1 aromatic heterocycles. The Hall–Kier alpha value is -0.870. The third-order valence-electron chi connectivity index (χ3n) is 4.66. The normalized spacial score (nSPS) is 26.4. The maximum atomic E-state index is 12.7. The van der Waals surface area contributed by atoms with Crippen molar-refractivity contribution >= 4 is 17.2 Å². The van der Waals surface area contributed by atoms with Crippen LogP contribution in [-0.2, 0) is 11.2 Å². The molecule has 2 aliphatic rings. The van der Waals surface area contributed by atoms with E-state index in [1.54, 1.807) is 0 Å². The minimum atomic E-state index is 0.314. The summed E-state index contributed by atoms with van der Waals surface area (Å²) >= 11 is 1.85. The number of carbonyl (C=O) groups excluding carboxylic acids is 1. The summed E-state index contributed by atoms with van der Waals surface area (Å²) in [7, 11) is 0. The van der Waals surface area contributed by atoms with Gasteiger partial charge in [-0.1, -0.05) is 6.92 Å². The van der Waals surface area contributed by atoms with Gasteiger partial charge in [0.1, 0.15) is 0 Å². The van der Waals surface area contributed by atoms with Gasteiger partial charge in [0.25, 0.3) is 0 Å². The summed E-state index contributed by atoms with van der Waals surface area (Å²) in [4.78, 5) is 16.3. The van der Waals surface area contributed by atoms with Crippen molar-refractivity contribution in [3.8, 4) is 0 Å². The fraction of sp³-hybridized carbons (Fsp3) is 0.688. The van der Waals surface area contributed by atoms with Crippen molar-refractivity contribution in [1.29, 1.82) is 0 Å². The summed E-state index contributed by atoms with van der Waals surface area (Å²) in [5.74, 6) is 0.903. The number of hydrogen-bond donors (Lipinski definition) is 1. The van der Waals surface area contributed by atoms with Crippen LogP contribution < -0.4 is 5.32 Å². The topological polar surface area (TPSA) is 32.3 Å². The van der Waals surface area contributed by atoms with Crippen LogP contribution in [0, 0.1) is 5.92 Å². The highest BCUT2D eigenvalue weighted by Gasteiger charge is 2.31. The molecule has 1 fully saturated rings. The lowest BCUT2D eigenvalue weighted by Crippen LogP contribution is -2.41. The third kappa shape index (κ3) is 2.77. The number of piperidine rings is 1. The summed E-state index contributed by atoms with van der Waals surface area (Å²) in [6.07, 6.45) is 5.20. The molecule has 1 aromatic rings. The van der Waals surface area contributed by atoms with Gasteiger partial charge >= 0.3 is 0 Å². The van der Waals surface area contributed by atoms with Crippen molar-refractivity contribution in [2.45, 2.75) is 45.1 Å². The number of nitrogens with zero attached hydrogens (tertiary/aromatic N) is 1. The smallest absolute Gasteiger partial charge is 0.223 e. The molecule has 0 radical (unpaired) electrons. The molecule has 0 saturated carbocycles. The number of carbonyl (C=O) groups is 1. The number of thiophene rings is 1. The zero-order chi connectivity index (χ0) is 13.9. The van der Waals surface area contributed by atoms with Crippen LogP contribution in [0.5, 0.6) is 0 Å². The Kier molecular flexibility index (Phi) is 4.41. The minimum absolute atomic E-state index is 0.314. The van der Waals surface area contributed by atoms with Crippen molar-refractivity contribution in [3.63, 3.8) is 0 Å². The first-order chi connectivity index (χ1) is 9.79. The van der Waals surface area contributed by atoms with E-state index < -0.39 is 0 Å². The van der Waals surface area contributed by atoms with Gasteiger partial charge in [-0.25, -0.2) is 0 Å². The van der Waals surface area contributed by atoms with Gasteiger partial charge in [-0.2, -0.15) is 0 Å². The molecule has 2 atom stereocenters. The highest BCUT2D eigenvalue weighted by molar-refractivity contribution is 7.10. The van der Waals surface area contributed by atoms with Crippen molar-refractivity contribution in [3.05, 3.63) is 21.9 Å². The maximum absolute atomic E-state index is 12.7. The standard InChI is InChI=1S/C16H24N2OS/c1-2-14-13-6-9-20-15(13)5-8-18(14)16(19)10-12-4-3-7-17-11-12/h6,9,12,14,17H,2-5,7-8,10-11H2,1H3. The molecule has 0 aromatic carbocycles. The van der Waals surface area contributed by atoms with Crippen LogP contribution in [0.1, 0.15) is 49.1 Å². The van der Waals surface area contributed by atoms with E-state index in [1.165, 1.54) is 23.3 Å². The Morgan fingerprint density at radius 2 is 2.45 bits per heavy atom. The highest BCUT2D eigenvalue weighted by Crippen LogP contribution is 2.36. The lowest BCUT2D eigenvalue weighted by Gasteiger charge is -2.36. The second-order valence-electron chi connectivity index (χ2n) is 5.98. The Labute approximate surface area is 125 Å². The van der Waals surface area contributed by atoms with E-state index in [4.69, 9.17) is 0 Å². The van der Waals surface area contributed by atoms with Gasteiger partial charge in [-0.15, -0.1) is 11.3 Å². The average Bonchev–Trinajstić information content (AvgIpc) is 2.95. The molecular weight excluding hydrogens is 268 g/mol. The Balaban J connectivity index is 1.68. The highest BCUT2D eigenvalue weighted by atomic mass is 32.1. The van der Waals surface area contributed by atoms with Gasteiger partial charge in [0.15, 0.2) is 0 Å². The van der Waals surface area contributed by atoms with Crippen LogP contribution in [0.3, 0.4) is 0 Å². The van der Waals surface area contributed by atoms with E-state index in [1.807, 2.05) is 11.3 Å². The third-order valence-corrected chi connectivity index (χ3v) is 5.66. The summed E-state index contributed by atoms with van der Waals surface area (Å²) < 4.78 is 0. The number of hydrogen-bond acceptors (Lipinski definition) is 3. The molecule has 1 saturated heterocycles. The van der Waals surface area contributed by atoms with Crippen LogP contribution >= 0.6 is 11.3 Å². The molecule has 3 heterocycles. The number of amides is 1. The first kappa shape index (κ1) is 14.1. The largest absolute Gasteiger partial charge is 0.335 e. The van der Waals surface area contributed by atoms with E-state index >= 15 is 0 Å². The van der Waals surface area contributed by atoms with Crippen LogP contribution in [0.15, 0.2) is 11.4 Å². The molecule has 110 valence electrons. The second kappa shape index (κ2) is 6.27. The summed E-state index contributed by atoms with van der Waals surface area (Å²) in [6, 6.07) is 2.53. The lowest BCUT2D eigenvalue weighted by atomic mass is 9.93. The van der Waals surface area contributed by atoms with E-state index in [0.717, 1.165) is 38.9 Å². The van der Waals surface area contributed by atoms with Crippen LogP contribution in [0.2, 0.25) is 0 Å². The van der Waals surface area contributed by atoms with Gasteiger partial charge < -0.3 is 10.2 Å². The molecule has 2 unspecified atom stereocenters. The quantitative estimate of drug-likeness (QED) is 0.929. The van der Waals surface area contributed by atoms with Gasteiger partial charge in [0, 0.05) is 17.8 Å². The summed E-state index contributed by atoms with van der Waals surface area (Å²) in [6.45, 7) is 5.23. The van der Waals surface area contributed by atoms with E-state index in [-0.39, 0.29) is 0 Å². The van der Waals surface area contributed by atoms with Gasteiger partial charge in [0.05, 0.1) is 6.04 Å². The molecule has 2 aliphatic heterocycles. The second-order valence-corrected chi connectivity index (χ2v) is 6.98. The van der Waals surface area contributed by atoms with Gasteiger partial charge in [0.2, 0.25) is 5.91 Å². The molecule has 3 nitrogen and oxygen atoms in total. The molecule has 0 aliphatic carbocycles. The molecule has 1 N–H and O–H groups in total. The van der Waals surface area contributed by atoms with Gasteiger partial charge in [-0.05, 0) is 61.7 Å². The Morgan fingerprint density at radius 3 is 3.20 bits per heavy atom. The number of nitrogens with one attached hydrogen (secondary N) is 1. The van der Waals surface area contributed by atoms with Crippen molar-refractivity contribution in [1.82, 2.24) is 10.2 Å². The van der Waals surface area contributed by atoms with Crippen molar-refractivity contribution < 1.29 is 4.79 Å². The van der Waals surface area contributed by atoms with Crippen LogP contribution in [0.25, 0.3) is 0 Å². The van der Waals surface area contributed by atoms with E-state index in [9.17, 15) is 4.79 Å². The predicted octanol–water partition coefficient (Wildman–Crippen LogP) is 2.97. The summed E-state index contributed by atoms with van der Waals surface area (Å²) in [5.41, 5.74) is 1.40. The molecule has 3 rings (SSSR count). The van der Waals surface area contributed by atoms with Gasteiger partial charge in [-0.3, -0.25) is 4.79 Å². The minimum Gasteiger partial charge on any atom is -0.335 e. The zero-order valence-corrected chi connectivity index (χ0v) is 13.0. The average molecular weight is 292 g/mol. The molecule has 0 bridgehead atoms. The van der Waals surface area contributed by atoms with E-state index in [2.05, 4.69) is 28.6 Å². The predicted molar refractivity (Wildman–Crippen MR) is 83.0 cm³/mol. The van der Waals surface area contributed by atoms with Crippen molar-refractivity contribution in [2.24, 2.45) is 5.92 Å². The molecule has 0 spiro atoms. The zero-order valence-electron chi connectivity index (χ0n) is 12.2. The molecule has 4 heteroatoms. The molecular formula is C16H24N2OS. The first-order valence-electron chi connectivity index (χ1n) is 7.86. The lowest BCUT2D eigenvalue weighted by molar-refractivity contribution is -0.135. The number of rotatable bonds is 3. The number of fused-ring (bicyclic) bond motifs is 1. The van der Waals surface area contributed by atoms with Crippen molar-refractivity contribution in [2.75, 3.05) is 19.6 Å². The first-order valence-corrected chi connectivity index (χ1v) is 8.74. The molecule has 20 heavy (non-hydrogen) atoms. The Bertz CT molecular complexity index is 465. The SMILES string of the molecule is CCC1c2ccsc2CCN1C(=O)CC1CCCNC1. The molecule has 1 amide bonds. The van der Waals surface area contributed by atoms with Crippen LogP contribution in [0.4, 0.5) is 0 Å².